The summed E-state index contributed by atoms with van der Waals surface area (Å²) in [5.74, 6) is -0.157. The van der Waals surface area contributed by atoms with Gasteiger partial charge in [-0.3, -0.25) is 9.78 Å². The fourth-order valence-corrected chi connectivity index (χ4v) is 2.99. The third-order valence-electron chi connectivity index (χ3n) is 2.60. The lowest BCUT2D eigenvalue weighted by molar-refractivity contribution is 0.102. The molecular formula is C14H12Br2N2O. The summed E-state index contributed by atoms with van der Waals surface area (Å²) in [6.45, 7) is 3.80. The van der Waals surface area contributed by atoms with E-state index < -0.39 is 0 Å². The van der Waals surface area contributed by atoms with Crippen molar-refractivity contribution < 1.29 is 4.79 Å². The average molecular weight is 384 g/mol. The minimum Gasteiger partial charge on any atom is -0.320 e. The molecule has 19 heavy (non-hydrogen) atoms. The molecule has 0 saturated carbocycles. The predicted molar refractivity (Wildman–Crippen MR) is 83.5 cm³/mol. The molecule has 0 saturated heterocycles. The van der Waals surface area contributed by atoms with Crippen LogP contribution in [0.1, 0.15) is 21.7 Å². The van der Waals surface area contributed by atoms with Crippen molar-refractivity contribution in [3.8, 4) is 0 Å². The van der Waals surface area contributed by atoms with Crippen molar-refractivity contribution in [2.24, 2.45) is 0 Å². The van der Waals surface area contributed by atoms with Gasteiger partial charge in [0.25, 0.3) is 5.91 Å². The van der Waals surface area contributed by atoms with Gasteiger partial charge in [0.05, 0.1) is 11.4 Å². The zero-order valence-electron chi connectivity index (χ0n) is 10.5. The summed E-state index contributed by atoms with van der Waals surface area (Å²) in [6, 6.07) is 9.17. The number of rotatable bonds is 2. The standard InChI is InChI=1S/C14H12Br2N2O/c1-8-3-4-13(9(2)17-8)18-14(19)10-5-11(15)7-12(16)6-10/h3-7H,1-2H3,(H,18,19). The monoisotopic (exact) mass is 382 g/mol. The highest BCUT2D eigenvalue weighted by Gasteiger charge is 2.10. The smallest absolute Gasteiger partial charge is 0.255 e. The minimum atomic E-state index is -0.157. The number of halogens is 2. The topological polar surface area (TPSA) is 42.0 Å². The summed E-state index contributed by atoms with van der Waals surface area (Å²) >= 11 is 6.74. The Hall–Kier alpha value is -1.20. The van der Waals surface area contributed by atoms with Crippen molar-refractivity contribution in [1.82, 2.24) is 4.98 Å². The van der Waals surface area contributed by atoms with Crippen LogP contribution >= 0.6 is 31.9 Å². The van der Waals surface area contributed by atoms with Crippen LogP contribution in [0.4, 0.5) is 5.69 Å². The van der Waals surface area contributed by atoms with Gasteiger partial charge in [0.15, 0.2) is 0 Å². The molecule has 2 aromatic rings. The first kappa shape index (κ1) is 14.2. The summed E-state index contributed by atoms with van der Waals surface area (Å²) < 4.78 is 1.71. The molecule has 1 aromatic carbocycles. The number of hydrogen-bond acceptors (Lipinski definition) is 2. The number of anilines is 1. The normalized spacial score (nSPS) is 10.3. The van der Waals surface area contributed by atoms with E-state index in [-0.39, 0.29) is 5.91 Å². The van der Waals surface area contributed by atoms with Gasteiger partial charge in [0.2, 0.25) is 0 Å². The van der Waals surface area contributed by atoms with E-state index in [2.05, 4.69) is 42.2 Å². The van der Waals surface area contributed by atoms with Crippen LogP contribution < -0.4 is 5.32 Å². The fraction of sp³-hybridized carbons (Fsp3) is 0.143. The van der Waals surface area contributed by atoms with E-state index in [1.54, 1.807) is 12.1 Å². The zero-order valence-corrected chi connectivity index (χ0v) is 13.7. The number of carbonyl (C=O) groups excluding carboxylic acids is 1. The van der Waals surface area contributed by atoms with Gasteiger partial charge in [-0.2, -0.15) is 0 Å². The largest absolute Gasteiger partial charge is 0.320 e. The third kappa shape index (κ3) is 3.64. The van der Waals surface area contributed by atoms with E-state index in [0.29, 0.717) is 5.56 Å². The van der Waals surface area contributed by atoms with E-state index in [1.165, 1.54) is 0 Å². The van der Waals surface area contributed by atoms with Crippen LogP contribution in [0.2, 0.25) is 0 Å². The van der Waals surface area contributed by atoms with Gasteiger partial charge in [-0.15, -0.1) is 0 Å². The fourth-order valence-electron chi connectivity index (χ4n) is 1.70. The molecule has 1 N–H and O–H groups in total. The minimum absolute atomic E-state index is 0.157. The molecular weight excluding hydrogens is 372 g/mol. The first-order chi connectivity index (χ1) is 8.95. The number of nitrogens with one attached hydrogen (secondary N) is 1. The van der Waals surface area contributed by atoms with Gasteiger partial charge in [-0.1, -0.05) is 31.9 Å². The van der Waals surface area contributed by atoms with Crippen molar-refractivity contribution in [2.75, 3.05) is 5.32 Å². The molecule has 1 amide bonds. The van der Waals surface area contributed by atoms with Crippen LogP contribution in [-0.4, -0.2) is 10.9 Å². The number of amides is 1. The Morgan fingerprint density at radius 2 is 1.74 bits per heavy atom. The Bertz CT molecular complexity index is 621. The zero-order chi connectivity index (χ0) is 14.0. The van der Waals surface area contributed by atoms with Gasteiger partial charge < -0.3 is 5.32 Å². The molecule has 0 atom stereocenters. The van der Waals surface area contributed by atoms with Crippen molar-refractivity contribution in [2.45, 2.75) is 13.8 Å². The number of carbonyl (C=O) groups is 1. The Morgan fingerprint density at radius 1 is 1.11 bits per heavy atom. The quantitative estimate of drug-likeness (QED) is 0.830. The highest BCUT2D eigenvalue weighted by molar-refractivity contribution is 9.11. The maximum absolute atomic E-state index is 12.2. The van der Waals surface area contributed by atoms with Gasteiger partial charge >= 0.3 is 0 Å². The average Bonchev–Trinajstić information content (AvgIpc) is 2.31. The maximum atomic E-state index is 12.2. The van der Waals surface area contributed by atoms with Crippen LogP contribution in [0, 0.1) is 13.8 Å². The SMILES string of the molecule is Cc1ccc(NC(=O)c2cc(Br)cc(Br)c2)c(C)n1. The Kier molecular flexibility index (Phi) is 4.37. The van der Waals surface area contributed by atoms with Crippen molar-refractivity contribution in [1.29, 1.82) is 0 Å². The van der Waals surface area contributed by atoms with Gasteiger partial charge in [0, 0.05) is 20.2 Å². The molecule has 0 aliphatic rings. The van der Waals surface area contributed by atoms with E-state index in [4.69, 9.17) is 0 Å². The number of nitrogens with zero attached hydrogens (tertiary/aromatic N) is 1. The molecule has 3 nitrogen and oxygen atoms in total. The first-order valence-corrected chi connectivity index (χ1v) is 7.26. The van der Waals surface area contributed by atoms with E-state index in [9.17, 15) is 4.79 Å². The lowest BCUT2D eigenvalue weighted by Gasteiger charge is -2.09. The van der Waals surface area contributed by atoms with Crippen LogP contribution in [0.25, 0.3) is 0 Å². The summed E-state index contributed by atoms with van der Waals surface area (Å²) in [4.78, 5) is 16.5. The molecule has 98 valence electrons. The summed E-state index contributed by atoms with van der Waals surface area (Å²) in [5, 5.41) is 2.87. The summed E-state index contributed by atoms with van der Waals surface area (Å²) in [6.07, 6.45) is 0. The van der Waals surface area contributed by atoms with E-state index in [1.807, 2.05) is 32.0 Å². The van der Waals surface area contributed by atoms with Crippen LogP contribution in [0.15, 0.2) is 39.3 Å². The van der Waals surface area contributed by atoms with E-state index in [0.717, 1.165) is 26.0 Å². The molecule has 0 aliphatic heterocycles. The first-order valence-electron chi connectivity index (χ1n) is 5.67. The molecule has 5 heteroatoms. The Balaban J connectivity index is 2.25. The Morgan fingerprint density at radius 3 is 2.32 bits per heavy atom. The van der Waals surface area contributed by atoms with Crippen LogP contribution in [0.3, 0.4) is 0 Å². The van der Waals surface area contributed by atoms with E-state index >= 15 is 0 Å². The number of benzene rings is 1. The van der Waals surface area contributed by atoms with Gasteiger partial charge in [-0.05, 0) is 44.2 Å². The third-order valence-corrected chi connectivity index (χ3v) is 3.51. The lowest BCUT2D eigenvalue weighted by Crippen LogP contribution is -2.13. The number of aromatic nitrogens is 1. The maximum Gasteiger partial charge on any atom is 0.255 e. The second-order valence-electron chi connectivity index (χ2n) is 4.20. The molecule has 1 aromatic heterocycles. The second-order valence-corrected chi connectivity index (χ2v) is 6.03. The van der Waals surface area contributed by atoms with Crippen molar-refractivity contribution in [3.05, 3.63) is 56.2 Å². The van der Waals surface area contributed by atoms with Gasteiger partial charge in [-0.25, -0.2) is 0 Å². The summed E-state index contributed by atoms with van der Waals surface area (Å²) in [7, 11) is 0. The highest BCUT2D eigenvalue weighted by atomic mass is 79.9. The molecule has 0 spiro atoms. The number of hydrogen-bond donors (Lipinski definition) is 1. The molecule has 1 heterocycles. The van der Waals surface area contributed by atoms with Crippen LogP contribution in [-0.2, 0) is 0 Å². The van der Waals surface area contributed by atoms with Crippen molar-refractivity contribution >= 4 is 43.5 Å². The van der Waals surface area contributed by atoms with Gasteiger partial charge in [0.1, 0.15) is 0 Å². The Labute approximate surface area is 128 Å². The lowest BCUT2D eigenvalue weighted by atomic mass is 10.2. The molecule has 2 rings (SSSR count). The van der Waals surface area contributed by atoms with Crippen molar-refractivity contribution in [3.63, 3.8) is 0 Å². The highest BCUT2D eigenvalue weighted by Crippen LogP contribution is 2.21. The molecule has 0 unspecified atom stereocenters. The predicted octanol–water partition coefficient (Wildman–Crippen LogP) is 4.48. The second kappa shape index (κ2) is 5.84. The molecule has 0 fully saturated rings. The molecule has 0 aliphatic carbocycles. The number of aryl methyl sites for hydroxylation is 2. The molecule has 0 radical (unpaired) electrons. The summed E-state index contributed by atoms with van der Waals surface area (Å²) in [5.41, 5.74) is 3.05. The molecule has 0 bridgehead atoms. The van der Waals surface area contributed by atoms with Crippen LogP contribution in [0.5, 0.6) is 0 Å². The number of pyridine rings is 1.